The minimum absolute atomic E-state index is 0.220. The minimum atomic E-state index is 0.220. The summed E-state index contributed by atoms with van der Waals surface area (Å²) >= 11 is 1.61. The van der Waals surface area contributed by atoms with Crippen molar-refractivity contribution in [2.45, 2.75) is 25.7 Å². The molecular formula is C23H28N4O3S. The summed E-state index contributed by atoms with van der Waals surface area (Å²) < 4.78 is 10.8. The van der Waals surface area contributed by atoms with E-state index in [1.54, 1.807) is 18.4 Å². The van der Waals surface area contributed by atoms with E-state index in [4.69, 9.17) is 9.26 Å². The molecule has 0 N–H and O–H groups in total. The van der Waals surface area contributed by atoms with Crippen LogP contribution < -0.4 is 4.74 Å². The summed E-state index contributed by atoms with van der Waals surface area (Å²) in [5, 5.41) is 6.07. The number of aromatic nitrogens is 2. The Hall–Kier alpha value is -2.71. The number of hydrogen-bond acceptors (Lipinski definition) is 7. The van der Waals surface area contributed by atoms with Gasteiger partial charge in [-0.15, -0.1) is 11.3 Å². The van der Waals surface area contributed by atoms with Gasteiger partial charge >= 0.3 is 0 Å². The fourth-order valence-electron chi connectivity index (χ4n) is 3.85. The zero-order chi connectivity index (χ0) is 21.5. The largest absolute Gasteiger partial charge is 0.496 e. The van der Waals surface area contributed by atoms with Crippen molar-refractivity contribution in [3.8, 4) is 16.5 Å². The molecule has 2 aromatic heterocycles. The first-order valence-electron chi connectivity index (χ1n) is 10.7. The number of carbonyl (C=O) groups is 1. The molecule has 3 heterocycles. The van der Waals surface area contributed by atoms with Crippen molar-refractivity contribution in [3.63, 3.8) is 0 Å². The molecule has 1 fully saturated rings. The van der Waals surface area contributed by atoms with Gasteiger partial charge in [0.05, 0.1) is 12.0 Å². The maximum Gasteiger partial charge on any atom is 0.227 e. The Bertz CT molecular complexity index is 965. The van der Waals surface area contributed by atoms with Crippen molar-refractivity contribution in [2.24, 2.45) is 0 Å². The number of carbonyl (C=O) groups excluding carboxylic acids is 1. The van der Waals surface area contributed by atoms with Crippen LogP contribution >= 0.6 is 11.3 Å². The summed E-state index contributed by atoms with van der Waals surface area (Å²) in [6.45, 7) is 4.36. The maximum absolute atomic E-state index is 12.6. The Kier molecular flexibility index (Phi) is 7.32. The SMILES string of the molecule is COc1ccccc1CCC(=O)N1CCN(CCCc2nc(-c3cccs3)no2)CC1. The molecule has 3 aromatic rings. The highest BCUT2D eigenvalue weighted by molar-refractivity contribution is 7.13. The molecule has 1 aromatic carbocycles. The van der Waals surface area contributed by atoms with Crippen molar-refractivity contribution in [2.75, 3.05) is 39.8 Å². The van der Waals surface area contributed by atoms with E-state index in [1.165, 1.54) is 0 Å². The molecule has 0 radical (unpaired) electrons. The number of rotatable bonds is 9. The van der Waals surface area contributed by atoms with Crippen LogP contribution in [0.1, 0.15) is 24.3 Å². The number of nitrogens with zero attached hydrogens (tertiary/aromatic N) is 4. The van der Waals surface area contributed by atoms with Gasteiger partial charge in [0, 0.05) is 39.0 Å². The Morgan fingerprint density at radius 2 is 1.97 bits per heavy atom. The standard InChI is InChI=1S/C23H28N4O3S/c1-29-19-7-3-2-6-18(19)10-11-22(28)27-15-13-26(14-16-27)12-4-9-21-24-23(25-30-21)20-8-5-17-31-20/h2-3,5-8,17H,4,9-16H2,1H3. The third kappa shape index (κ3) is 5.71. The molecule has 1 amide bonds. The van der Waals surface area contributed by atoms with E-state index in [0.717, 1.165) is 61.8 Å². The topological polar surface area (TPSA) is 71.7 Å². The molecule has 1 saturated heterocycles. The molecule has 7 nitrogen and oxygen atoms in total. The average Bonchev–Trinajstić information content (AvgIpc) is 3.50. The van der Waals surface area contributed by atoms with E-state index in [1.807, 2.05) is 46.7 Å². The number of benzene rings is 1. The highest BCUT2D eigenvalue weighted by Crippen LogP contribution is 2.22. The van der Waals surface area contributed by atoms with Gasteiger partial charge in [-0.1, -0.05) is 29.4 Å². The number of thiophene rings is 1. The van der Waals surface area contributed by atoms with E-state index >= 15 is 0 Å². The first-order chi connectivity index (χ1) is 15.2. The second-order valence-electron chi connectivity index (χ2n) is 7.63. The molecule has 0 bridgehead atoms. The lowest BCUT2D eigenvalue weighted by atomic mass is 10.1. The molecule has 4 rings (SSSR count). The van der Waals surface area contributed by atoms with Crippen LogP contribution in [-0.2, 0) is 17.6 Å². The molecule has 0 saturated carbocycles. The van der Waals surface area contributed by atoms with Crippen molar-refractivity contribution in [1.29, 1.82) is 0 Å². The van der Waals surface area contributed by atoms with Gasteiger partial charge in [-0.2, -0.15) is 4.98 Å². The summed E-state index contributed by atoms with van der Waals surface area (Å²) in [5.41, 5.74) is 1.08. The van der Waals surface area contributed by atoms with Crippen LogP contribution in [0.3, 0.4) is 0 Å². The van der Waals surface area contributed by atoms with E-state index in [-0.39, 0.29) is 5.91 Å². The van der Waals surface area contributed by atoms with Gasteiger partial charge in [0.25, 0.3) is 0 Å². The fraction of sp³-hybridized carbons (Fsp3) is 0.435. The lowest BCUT2D eigenvalue weighted by Gasteiger charge is -2.34. The van der Waals surface area contributed by atoms with E-state index in [0.29, 0.717) is 24.6 Å². The second kappa shape index (κ2) is 10.5. The molecule has 0 atom stereocenters. The lowest BCUT2D eigenvalue weighted by Crippen LogP contribution is -2.48. The Morgan fingerprint density at radius 1 is 1.13 bits per heavy atom. The second-order valence-corrected chi connectivity index (χ2v) is 8.57. The summed E-state index contributed by atoms with van der Waals surface area (Å²) in [6, 6.07) is 11.9. The van der Waals surface area contributed by atoms with Crippen LogP contribution in [0.2, 0.25) is 0 Å². The average molecular weight is 441 g/mol. The highest BCUT2D eigenvalue weighted by atomic mass is 32.1. The highest BCUT2D eigenvalue weighted by Gasteiger charge is 2.21. The van der Waals surface area contributed by atoms with Gasteiger partial charge in [-0.3, -0.25) is 9.69 Å². The first-order valence-corrected chi connectivity index (χ1v) is 11.6. The number of aryl methyl sites for hydroxylation is 2. The van der Waals surface area contributed by atoms with Crippen LogP contribution in [0.5, 0.6) is 5.75 Å². The zero-order valence-electron chi connectivity index (χ0n) is 17.8. The Morgan fingerprint density at radius 3 is 2.74 bits per heavy atom. The van der Waals surface area contributed by atoms with Crippen LogP contribution in [0.25, 0.3) is 10.7 Å². The predicted molar refractivity (Wildman–Crippen MR) is 120 cm³/mol. The Balaban J connectivity index is 1.15. The molecule has 0 spiro atoms. The lowest BCUT2D eigenvalue weighted by molar-refractivity contribution is -0.132. The van der Waals surface area contributed by atoms with E-state index in [9.17, 15) is 4.79 Å². The van der Waals surface area contributed by atoms with Gasteiger partial charge in [0.15, 0.2) is 0 Å². The van der Waals surface area contributed by atoms with Gasteiger partial charge in [-0.05, 0) is 42.5 Å². The van der Waals surface area contributed by atoms with Crippen LogP contribution in [0.15, 0.2) is 46.3 Å². The summed E-state index contributed by atoms with van der Waals surface area (Å²) in [5.74, 6) is 2.43. The summed E-state index contributed by atoms with van der Waals surface area (Å²) in [6.07, 6.45) is 2.97. The van der Waals surface area contributed by atoms with Crippen LogP contribution in [0, 0.1) is 0 Å². The summed E-state index contributed by atoms with van der Waals surface area (Å²) in [7, 11) is 1.67. The third-order valence-corrected chi connectivity index (χ3v) is 6.47. The summed E-state index contributed by atoms with van der Waals surface area (Å²) in [4.78, 5) is 22.5. The number of piperazine rings is 1. The van der Waals surface area contributed by atoms with Crippen molar-refractivity contribution in [3.05, 3.63) is 53.2 Å². The zero-order valence-corrected chi connectivity index (χ0v) is 18.6. The monoisotopic (exact) mass is 440 g/mol. The van der Waals surface area contributed by atoms with Gasteiger partial charge in [0.2, 0.25) is 17.6 Å². The molecule has 31 heavy (non-hydrogen) atoms. The van der Waals surface area contributed by atoms with E-state index in [2.05, 4.69) is 15.0 Å². The number of amides is 1. The molecule has 1 aliphatic rings. The molecule has 0 aliphatic carbocycles. The maximum atomic E-state index is 12.6. The normalized spacial score (nSPS) is 14.7. The fourth-order valence-corrected chi connectivity index (χ4v) is 4.50. The molecule has 1 aliphatic heterocycles. The van der Waals surface area contributed by atoms with Crippen molar-refractivity contribution >= 4 is 17.2 Å². The molecule has 164 valence electrons. The van der Waals surface area contributed by atoms with Crippen molar-refractivity contribution < 1.29 is 14.1 Å². The first kappa shape index (κ1) is 21.5. The van der Waals surface area contributed by atoms with Gasteiger partial charge < -0.3 is 14.2 Å². The number of hydrogen-bond donors (Lipinski definition) is 0. The quantitative estimate of drug-likeness (QED) is 0.507. The third-order valence-electron chi connectivity index (χ3n) is 5.60. The smallest absolute Gasteiger partial charge is 0.227 e. The number of ether oxygens (including phenoxy) is 1. The molecule has 8 heteroatoms. The molecule has 0 unspecified atom stereocenters. The molecular weight excluding hydrogens is 412 g/mol. The minimum Gasteiger partial charge on any atom is -0.496 e. The van der Waals surface area contributed by atoms with Crippen LogP contribution in [-0.4, -0.2) is 65.7 Å². The number of para-hydroxylation sites is 1. The van der Waals surface area contributed by atoms with Crippen molar-refractivity contribution in [1.82, 2.24) is 19.9 Å². The Labute approximate surface area is 186 Å². The van der Waals surface area contributed by atoms with Gasteiger partial charge in [0.1, 0.15) is 5.75 Å². The predicted octanol–water partition coefficient (Wildman–Crippen LogP) is 3.52. The van der Waals surface area contributed by atoms with Crippen LogP contribution in [0.4, 0.5) is 0 Å². The van der Waals surface area contributed by atoms with Gasteiger partial charge in [-0.25, -0.2) is 0 Å². The van der Waals surface area contributed by atoms with E-state index < -0.39 is 0 Å². The number of methoxy groups -OCH3 is 1.